The van der Waals surface area contributed by atoms with E-state index in [0.29, 0.717) is 4.90 Å². The summed E-state index contributed by atoms with van der Waals surface area (Å²) < 4.78 is 66.9. The smallest absolute Gasteiger partial charge is 0.403 e. The van der Waals surface area contributed by atoms with Crippen molar-refractivity contribution < 1.29 is 36.3 Å². The van der Waals surface area contributed by atoms with Crippen molar-refractivity contribution in [3.8, 4) is 6.07 Å². The molecule has 1 aromatic carbocycles. The Kier molecular flexibility index (Phi) is 13.3. The molecule has 2 heterocycles. The van der Waals surface area contributed by atoms with E-state index in [4.69, 9.17) is 16.9 Å². The van der Waals surface area contributed by atoms with Crippen LogP contribution in [0.2, 0.25) is 5.02 Å². The summed E-state index contributed by atoms with van der Waals surface area (Å²) in [7, 11) is -4.20. The average molecular weight is 731 g/mol. The third-order valence-corrected chi connectivity index (χ3v) is 13.0. The largest absolute Gasteiger partial charge is 0.480 e. The molecule has 9 nitrogen and oxygen atoms in total. The molecule has 0 unspecified atom stereocenters. The van der Waals surface area contributed by atoms with Crippen molar-refractivity contribution in [1.29, 1.82) is 5.26 Å². The van der Waals surface area contributed by atoms with Crippen LogP contribution in [0.1, 0.15) is 110 Å². The molecule has 49 heavy (non-hydrogen) atoms. The number of carbonyl (C=O) groups is 2. The number of benzene rings is 1. The summed E-state index contributed by atoms with van der Waals surface area (Å²) in [5, 5.41) is 20.3. The number of rotatable bonds is 15. The second-order valence-electron chi connectivity index (χ2n) is 14.1. The molecule has 1 aromatic rings. The fourth-order valence-electron chi connectivity index (χ4n) is 6.79. The van der Waals surface area contributed by atoms with Gasteiger partial charge < -0.3 is 14.9 Å². The van der Waals surface area contributed by atoms with Crippen LogP contribution in [0, 0.1) is 16.7 Å². The van der Waals surface area contributed by atoms with Crippen molar-refractivity contribution in [3.05, 3.63) is 23.2 Å². The van der Waals surface area contributed by atoms with Crippen LogP contribution in [0.25, 0.3) is 0 Å². The van der Waals surface area contributed by atoms with Crippen LogP contribution in [0.4, 0.5) is 18.9 Å². The number of nitrogens with zero attached hydrogens (tertiary/aromatic N) is 3. The summed E-state index contributed by atoms with van der Waals surface area (Å²) in [5.74, 6) is -2.91. The van der Waals surface area contributed by atoms with E-state index in [1.807, 2.05) is 0 Å². The van der Waals surface area contributed by atoms with Gasteiger partial charge in [0.1, 0.15) is 17.0 Å². The first kappa shape index (κ1) is 39.2. The first-order valence-electron chi connectivity index (χ1n) is 17.8. The molecule has 5 rings (SSSR count). The summed E-state index contributed by atoms with van der Waals surface area (Å²) in [6, 6.07) is 5.23. The molecule has 2 N–H and O–H groups in total. The number of halogens is 4. The molecule has 274 valence electrons. The number of likely N-dealkylation sites (tertiary alicyclic amines) is 1. The maximum Gasteiger partial charge on any atom is 0.403 e. The monoisotopic (exact) mass is 730 g/mol. The second kappa shape index (κ2) is 16.6. The number of anilines is 1. The second-order valence-corrected chi connectivity index (χ2v) is 16.7. The third kappa shape index (κ3) is 9.61. The van der Waals surface area contributed by atoms with Gasteiger partial charge in [-0.15, -0.1) is 0 Å². The molecule has 0 spiro atoms. The van der Waals surface area contributed by atoms with Gasteiger partial charge in [0, 0.05) is 25.3 Å². The number of carbonyl (C=O) groups excluding carboxylic acids is 1. The van der Waals surface area contributed by atoms with Crippen molar-refractivity contribution in [2.24, 2.45) is 5.41 Å². The van der Waals surface area contributed by atoms with Gasteiger partial charge in [-0.05, 0) is 82.5 Å². The highest BCUT2D eigenvalue weighted by molar-refractivity contribution is 7.92. The number of sulfone groups is 1. The van der Waals surface area contributed by atoms with Crippen molar-refractivity contribution >= 4 is 39.0 Å². The van der Waals surface area contributed by atoms with Crippen molar-refractivity contribution in [3.63, 3.8) is 0 Å². The molecule has 2 atom stereocenters. The number of hydrogen-bond acceptors (Lipinski definition) is 7. The minimum atomic E-state index is -4.82. The maximum atomic E-state index is 13.4. The highest BCUT2D eigenvalue weighted by atomic mass is 35.5. The Hall–Kier alpha value is -2.56. The van der Waals surface area contributed by atoms with Crippen molar-refractivity contribution in [2.45, 2.75) is 138 Å². The number of unbranched alkanes of at least 4 members (excludes halogenated alkanes) is 7. The predicted octanol–water partition coefficient (Wildman–Crippen LogP) is 7.27. The molecule has 2 saturated heterocycles. The number of nitrogens with one attached hydrogen (secondary N) is 1. The van der Waals surface area contributed by atoms with E-state index in [2.05, 4.69) is 23.2 Å². The van der Waals surface area contributed by atoms with Crippen molar-refractivity contribution in [1.82, 2.24) is 10.2 Å². The lowest BCUT2D eigenvalue weighted by Gasteiger charge is -2.29. The van der Waals surface area contributed by atoms with E-state index in [1.54, 1.807) is 6.07 Å². The van der Waals surface area contributed by atoms with E-state index >= 15 is 0 Å². The minimum absolute atomic E-state index is 0.0383. The Morgan fingerprint density at radius 3 is 2.14 bits per heavy atom. The quantitative estimate of drug-likeness (QED) is 0.180. The van der Waals surface area contributed by atoms with E-state index in [1.165, 1.54) is 63.5 Å². The molecule has 1 amide bonds. The topological polar surface area (TPSA) is 131 Å². The third-order valence-electron chi connectivity index (χ3n) is 10.4. The fraction of sp³-hybridized carbons (Fsp3) is 0.743. The molecule has 2 saturated carbocycles. The molecule has 2 aliphatic heterocycles. The molecular weight excluding hydrogens is 681 g/mol. The number of nitriles is 1. The van der Waals surface area contributed by atoms with Gasteiger partial charge >= 0.3 is 12.1 Å². The Morgan fingerprint density at radius 2 is 1.63 bits per heavy atom. The van der Waals surface area contributed by atoms with Crippen LogP contribution in [-0.4, -0.2) is 79.5 Å². The fourth-order valence-corrected chi connectivity index (χ4v) is 9.03. The zero-order valence-corrected chi connectivity index (χ0v) is 29.9. The van der Waals surface area contributed by atoms with Gasteiger partial charge in [-0.2, -0.15) is 18.4 Å². The first-order chi connectivity index (χ1) is 23.2. The van der Waals surface area contributed by atoms with Crippen LogP contribution < -0.4 is 10.2 Å². The minimum Gasteiger partial charge on any atom is -0.480 e. The first-order valence-corrected chi connectivity index (χ1v) is 19.7. The van der Waals surface area contributed by atoms with E-state index < -0.39 is 70.4 Å². The molecule has 0 radical (unpaired) electrons. The van der Waals surface area contributed by atoms with Crippen LogP contribution in [-0.2, 0) is 19.4 Å². The lowest BCUT2D eigenvalue weighted by Crippen LogP contribution is -2.48. The van der Waals surface area contributed by atoms with Gasteiger partial charge in [-0.1, -0.05) is 63.5 Å². The van der Waals surface area contributed by atoms with Gasteiger partial charge in [0.2, 0.25) is 5.91 Å². The maximum absolute atomic E-state index is 13.4. The number of aliphatic carboxylic acids is 1. The summed E-state index contributed by atoms with van der Waals surface area (Å²) >= 11 is 6.30. The normalized spacial score (nSPS) is 22.5. The molecular formula is C35H50ClF3N4O5S. The van der Waals surface area contributed by atoms with Crippen LogP contribution in [0.3, 0.4) is 0 Å². The highest BCUT2D eigenvalue weighted by Gasteiger charge is 2.70. The Morgan fingerprint density at radius 1 is 1.02 bits per heavy atom. The van der Waals surface area contributed by atoms with Crippen LogP contribution in [0.15, 0.2) is 23.1 Å². The standard InChI is InChI=1S/C21H24ClF3N2O5S.C14H26N2/c22-15-10-13(26-8-2-1-3-9-26)4-5-17(15)33(31,32)14-11-16(18(28)29)27(12-14)19(30)20(6-7-20)21(23,24)25;1-2-3-4-5-6-7-8-9-12-16-14(13-15)10-11-14/h4-5,10,14,16H,1-3,6-9,11-12H2,(H,28,29);16H,2-12H2,1H3/t14-,16+;/m1./s1. The van der Waals surface area contributed by atoms with Crippen LogP contribution >= 0.6 is 11.6 Å². The summed E-state index contributed by atoms with van der Waals surface area (Å²) in [4.78, 5) is 26.9. The number of carboxylic acid groups (broad SMARTS) is 1. The lowest BCUT2D eigenvalue weighted by molar-refractivity contribution is -0.199. The average Bonchev–Trinajstić information content (AvgIpc) is 4.00. The van der Waals surface area contributed by atoms with Gasteiger partial charge in [0.25, 0.3) is 0 Å². The highest BCUT2D eigenvalue weighted by Crippen LogP contribution is 2.59. The number of carboxylic acids is 1. The number of amides is 1. The molecule has 0 bridgehead atoms. The number of piperidine rings is 1. The summed E-state index contributed by atoms with van der Waals surface area (Å²) in [5.41, 5.74) is -1.96. The predicted molar refractivity (Wildman–Crippen MR) is 182 cm³/mol. The Bertz CT molecular complexity index is 1450. The van der Waals surface area contributed by atoms with Crippen molar-refractivity contribution in [2.75, 3.05) is 31.1 Å². The molecule has 4 aliphatic rings. The van der Waals surface area contributed by atoms with Crippen LogP contribution in [0.5, 0.6) is 0 Å². The molecule has 4 fully saturated rings. The van der Waals surface area contributed by atoms with Gasteiger partial charge in [0.05, 0.1) is 21.2 Å². The lowest BCUT2D eigenvalue weighted by atomic mass is 10.0. The molecule has 2 aliphatic carbocycles. The Balaban J connectivity index is 0.000000284. The van der Waals surface area contributed by atoms with Gasteiger partial charge in [0.15, 0.2) is 9.84 Å². The van der Waals surface area contributed by atoms with E-state index in [9.17, 15) is 36.3 Å². The van der Waals surface area contributed by atoms with E-state index in [-0.39, 0.29) is 15.5 Å². The zero-order chi connectivity index (χ0) is 35.9. The summed E-state index contributed by atoms with van der Waals surface area (Å²) in [6.07, 6.45) is 9.93. The van der Waals surface area contributed by atoms with Gasteiger partial charge in [-0.25, -0.2) is 13.2 Å². The SMILES string of the molecule is CCCCCCCCCCNC1(C#N)CC1.O=C(O)[C@@H]1C[C@@H](S(=O)(=O)c2ccc(N3CCCCC3)cc2Cl)CN1C(=O)C1(C(F)(F)F)CC1. The molecule has 0 aromatic heterocycles. The Labute approximate surface area is 293 Å². The molecule has 14 heteroatoms. The van der Waals surface area contributed by atoms with E-state index in [0.717, 1.165) is 57.4 Å². The number of alkyl halides is 3. The zero-order valence-electron chi connectivity index (χ0n) is 28.4. The van der Waals surface area contributed by atoms with Gasteiger partial charge in [-0.3, -0.25) is 10.1 Å². The summed E-state index contributed by atoms with van der Waals surface area (Å²) in [6.45, 7) is 4.31. The number of hydrogen-bond donors (Lipinski definition) is 2.